The maximum atomic E-state index is 14.9. The third-order valence-corrected chi connectivity index (χ3v) is 7.41. The summed E-state index contributed by atoms with van der Waals surface area (Å²) < 4.78 is 50.6. The highest BCUT2D eigenvalue weighted by atomic mass is 35.5. The van der Waals surface area contributed by atoms with E-state index in [0.717, 1.165) is 11.1 Å². The van der Waals surface area contributed by atoms with Gasteiger partial charge in [0.1, 0.15) is 5.75 Å². The first kappa shape index (κ1) is 29.2. The molecule has 208 valence electrons. The van der Waals surface area contributed by atoms with Crippen LogP contribution in [-0.2, 0) is 5.00 Å². The van der Waals surface area contributed by atoms with E-state index in [1.54, 1.807) is 36.4 Å². The molecule has 4 aromatic carbocycles. The third kappa shape index (κ3) is 6.84. The molecule has 0 saturated carbocycles. The van der Waals surface area contributed by atoms with Crippen molar-refractivity contribution in [3.05, 3.63) is 138 Å². The highest BCUT2D eigenvalue weighted by Crippen LogP contribution is 2.48. The molecule has 1 atom stereocenters. The summed E-state index contributed by atoms with van der Waals surface area (Å²) in [6, 6.07) is 32.8. The van der Waals surface area contributed by atoms with Crippen LogP contribution >= 0.6 is 11.6 Å². The van der Waals surface area contributed by atoms with Crippen LogP contribution < -0.4 is 10.5 Å². The van der Waals surface area contributed by atoms with Crippen LogP contribution in [0.1, 0.15) is 39.4 Å². The van der Waals surface area contributed by atoms with Crippen LogP contribution in [0.5, 0.6) is 5.75 Å². The zero-order valence-electron chi connectivity index (χ0n) is 21.7. The van der Waals surface area contributed by atoms with E-state index in [-0.39, 0.29) is 43.2 Å². The number of hydrogen-bond donors (Lipinski definition) is 1. The number of benzene rings is 4. The number of halogens is 4. The number of hydrogen-bond acceptors (Lipinski definition) is 3. The van der Waals surface area contributed by atoms with Crippen LogP contribution in [0.2, 0.25) is 0 Å². The van der Waals surface area contributed by atoms with E-state index >= 15 is 0 Å². The van der Waals surface area contributed by atoms with Gasteiger partial charge in [-0.15, -0.1) is 0 Å². The molecule has 0 aliphatic rings. The smallest absolute Gasteiger partial charge is 0.425 e. The van der Waals surface area contributed by atoms with Gasteiger partial charge in [0.2, 0.25) is 10.9 Å². The van der Waals surface area contributed by atoms with Gasteiger partial charge in [-0.05, 0) is 41.3 Å². The Labute approximate surface area is 237 Å². The molecule has 1 amide bonds. The highest BCUT2D eigenvalue weighted by Gasteiger charge is 2.59. The largest absolute Gasteiger partial charge is 0.494 e. The van der Waals surface area contributed by atoms with Crippen LogP contribution in [0.4, 0.5) is 13.2 Å². The molecule has 0 spiro atoms. The Morgan fingerprint density at radius 3 is 1.90 bits per heavy atom. The minimum absolute atomic E-state index is 0.00307. The fourth-order valence-corrected chi connectivity index (χ4v) is 5.01. The van der Waals surface area contributed by atoms with Gasteiger partial charge in [0.25, 0.3) is 0 Å². The Morgan fingerprint density at radius 2 is 1.38 bits per heavy atom. The summed E-state index contributed by atoms with van der Waals surface area (Å²) in [6.07, 6.45) is -4.54. The van der Waals surface area contributed by atoms with Crippen molar-refractivity contribution in [3.8, 4) is 5.75 Å². The van der Waals surface area contributed by atoms with Crippen LogP contribution in [-0.4, -0.2) is 36.7 Å². The number of alkyl halides is 4. The van der Waals surface area contributed by atoms with Crippen LogP contribution in [0.3, 0.4) is 0 Å². The van der Waals surface area contributed by atoms with E-state index in [1.165, 1.54) is 23.1 Å². The van der Waals surface area contributed by atoms with Gasteiger partial charge >= 0.3 is 6.18 Å². The zero-order valence-corrected chi connectivity index (χ0v) is 22.5. The quantitative estimate of drug-likeness (QED) is 0.111. The fourth-order valence-electron chi connectivity index (χ4n) is 4.73. The topological polar surface area (TPSA) is 55.6 Å². The number of carbonyl (C=O) groups excluding carboxylic acids is 1. The van der Waals surface area contributed by atoms with Gasteiger partial charge in [-0.1, -0.05) is 109 Å². The molecular formula is C32H30ClF3N2O2. The van der Waals surface area contributed by atoms with Crippen LogP contribution in [0.15, 0.2) is 115 Å². The molecule has 0 aliphatic carbocycles. The summed E-state index contributed by atoms with van der Waals surface area (Å²) in [4.78, 5) is 10.0. The summed E-state index contributed by atoms with van der Waals surface area (Å²) in [6.45, 7) is 0.104. The minimum atomic E-state index is -4.79. The summed E-state index contributed by atoms with van der Waals surface area (Å²) in [7, 11) is 0. The molecule has 0 heterocycles. The predicted octanol–water partition coefficient (Wildman–Crippen LogP) is 7.34. The number of nitrogens with two attached hydrogens (primary N) is 1. The molecule has 40 heavy (non-hydrogen) atoms. The first-order valence-electron chi connectivity index (χ1n) is 12.9. The highest BCUT2D eigenvalue weighted by molar-refractivity contribution is 6.24. The van der Waals surface area contributed by atoms with Crippen LogP contribution in [0, 0.1) is 0 Å². The van der Waals surface area contributed by atoms with Gasteiger partial charge < -0.3 is 10.5 Å². The number of amides is 1. The van der Waals surface area contributed by atoms with Crippen molar-refractivity contribution in [2.75, 3.05) is 19.7 Å². The molecule has 0 aromatic heterocycles. The fraction of sp³-hybridized carbons (Fsp3) is 0.219. The van der Waals surface area contributed by atoms with Gasteiger partial charge in [-0.25, -0.2) is 0 Å². The van der Waals surface area contributed by atoms with Gasteiger partial charge in [0, 0.05) is 24.6 Å². The second-order valence-corrected chi connectivity index (χ2v) is 9.95. The molecule has 0 aliphatic heterocycles. The molecule has 4 rings (SSSR count). The lowest BCUT2D eigenvalue weighted by Crippen LogP contribution is -2.54. The monoisotopic (exact) mass is 566 g/mol. The first-order valence-corrected chi connectivity index (χ1v) is 13.3. The van der Waals surface area contributed by atoms with Gasteiger partial charge in [-0.3, -0.25) is 9.69 Å². The maximum Gasteiger partial charge on any atom is 0.425 e. The van der Waals surface area contributed by atoms with E-state index in [0.29, 0.717) is 5.75 Å². The number of nitrogens with zero attached hydrogens (tertiary/aromatic N) is 1. The number of carbonyl (C=O) groups is 1. The van der Waals surface area contributed by atoms with E-state index in [9.17, 15) is 18.0 Å². The van der Waals surface area contributed by atoms with Gasteiger partial charge in [0.15, 0.2) is 0 Å². The Kier molecular flexibility index (Phi) is 9.50. The van der Waals surface area contributed by atoms with Crippen molar-refractivity contribution in [2.24, 2.45) is 5.73 Å². The summed E-state index contributed by atoms with van der Waals surface area (Å²) >= 11 is 6.69. The average Bonchev–Trinajstić information content (AvgIpc) is 2.97. The van der Waals surface area contributed by atoms with Crippen LogP contribution in [0.25, 0.3) is 0 Å². The average molecular weight is 567 g/mol. The van der Waals surface area contributed by atoms with Crippen molar-refractivity contribution >= 4 is 17.5 Å². The molecule has 0 bridgehead atoms. The number of rotatable bonds is 12. The summed E-state index contributed by atoms with van der Waals surface area (Å²) in [5.41, 5.74) is 7.33. The molecule has 1 unspecified atom stereocenters. The summed E-state index contributed by atoms with van der Waals surface area (Å²) in [5, 5.41) is 0. The van der Waals surface area contributed by atoms with Crippen molar-refractivity contribution in [2.45, 2.75) is 23.5 Å². The van der Waals surface area contributed by atoms with Gasteiger partial charge in [-0.2, -0.15) is 13.2 Å². The van der Waals surface area contributed by atoms with E-state index in [1.807, 2.05) is 60.7 Å². The molecule has 0 fully saturated rings. The van der Waals surface area contributed by atoms with Crippen molar-refractivity contribution in [3.63, 3.8) is 0 Å². The predicted molar refractivity (Wildman–Crippen MR) is 151 cm³/mol. The normalized spacial score (nSPS) is 13.2. The minimum Gasteiger partial charge on any atom is -0.494 e. The molecule has 0 radical (unpaired) electrons. The Bertz CT molecular complexity index is 1330. The Morgan fingerprint density at radius 1 is 0.825 bits per heavy atom. The molecular weight excluding hydrogens is 537 g/mol. The van der Waals surface area contributed by atoms with Gasteiger partial charge in [0.05, 0.1) is 6.61 Å². The third-order valence-electron chi connectivity index (χ3n) is 6.73. The first-order chi connectivity index (χ1) is 19.2. The Hall–Kier alpha value is -3.81. The lowest BCUT2D eigenvalue weighted by atomic mass is 9.89. The van der Waals surface area contributed by atoms with Crippen molar-refractivity contribution < 1.29 is 22.7 Å². The zero-order chi connectivity index (χ0) is 28.6. The number of ether oxygens (including phenoxy) is 1. The lowest BCUT2D eigenvalue weighted by Gasteiger charge is -2.42. The van der Waals surface area contributed by atoms with Crippen molar-refractivity contribution in [1.29, 1.82) is 0 Å². The molecule has 0 saturated heterocycles. The molecule has 4 nitrogen and oxygen atoms in total. The second-order valence-electron chi connectivity index (χ2n) is 9.40. The Balaban J connectivity index is 1.66. The summed E-state index contributed by atoms with van der Waals surface area (Å²) in [5.74, 6) is -0.561. The lowest BCUT2D eigenvalue weighted by molar-refractivity contribution is -0.206. The molecule has 2 N–H and O–H groups in total. The number of primary amides is 1. The maximum absolute atomic E-state index is 14.9. The van der Waals surface area contributed by atoms with Crippen molar-refractivity contribution in [1.82, 2.24) is 4.90 Å². The SMILES string of the molecule is NC(=O)c1cccc(OCCCN(CC(c2ccccc2)c2ccccc2)C(Cl)(c2ccccc2)C(F)(F)F)c1. The second kappa shape index (κ2) is 13.0. The molecule has 4 aromatic rings. The standard InChI is InChI=1S/C32H30ClF3N2O2/c33-31(32(34,35)36,27-17-8-3-9-18-27)38(20-11-21-40-28-19-10-16-26(22-28)30(37)39)23-29(24-12-4-1-5-13-24)25-14-6-2-7-15-25/h1-10,12-19,22,29H,11,20-21,23H2,(H2,37,39). The van der Waals surface area contributed by atoms with E-state index < -0.39 is 17.1 Å². The van der Waals surface area contributed by atoms with E-state index in [2.05, 4.69) is 0 Å². The molecule has 8 heteroatoms. The van der Waals surface area contributed by atoms with E-state index in [4.69, 9.17) is 22.1 Å².